The lowest BCUT2D eigenvalue weighted by Gasteiger charge is -2.19. The summed E-state index contributed by atoms with van der Waals surface area (Å²) in [6.45, 7) is 5.28. The number of aromatic nitrogens is 2. The van der Waals surface area contributed by atoms with Crippen LogP contribution < -0.4 is 5.32 Å². The molecule has 2 rings (SSSR count). The summed E-state index contributed by atoms with van der Waals surface area (Å²) in [7, 11) is 0. The van der Waals surface area contributed by atoms with Gasteiger partial charge >= 0.3 is 0 Å². The highest BCUT2D eigenvalue weighted by atomic mass is 15.0. The van der Waals surface area contributed by atoms with E-state index in [0.717, 1.165) is 37.4 Å². The highest BCUT2D eigenvalue weighted by molar-refractivity contribution is 5.47. The van der Waals surface area contributed by atoms with E-state index in [0.29, 0.717) is 0 Å². The minimum Gasteiger partial charge on any atom is -0.370 e. The average Bonchev–Trinajstić information content (AvgIpc) is 2.37. The van der Waals surface area contributed by atoms with Crippen LogP contribution in [0.4, 0.5) is 5.82 Å². The highest BCUT2D eigenvalue weighted by Crippen LogP contribution is 2.25. The second kappa shape index (κ2) is 5.99. The number of unbranched alkanes of at least 4 members (excludes halogenated alkanes) is 1. The molecule has 1 aliphatic carbocycles. The van der Waals surface area contributed by atoms with Crippen molar-refractivity contribution in [1.29, 1.82) is 0 Å². The molecule has 1 aliphatic rings. The summed E-state index contributed by atoms with van der Waals surface area (Å²) in [6.07, 6.45) is 8.25. The van der Waals surface area contributed by atoms with Crippen LogP contribution in [-0.2, 0) is 19.3 Å². The van der Waals surface area contributed by atoms with Crippen LogP contribution >= 0.6 is 0 Å². The van der Waals surface area contributed by atoms with Crippen molar-refractivity contribution in [3.8, 4) is 0 Å². The molecule has 0 bridgehead atoms. The largest absolute Gasteiger partial charge is 0.370 e. The van der Waals surface area contributed by atoms with Crippen LogP contribution in [0.2, 0.25) is 0 Å². The normalized spacial score (nSPS) is 14.5. The standard InChI is InChI=1S/C14H23N3/c1-3-5-10-13-16-12-9-7-6-8-11(12)14(17-13)15-4-2/h3-10H2,1-2H3,(H,15,16,17). The van der Waals surface area contributed by atoms with Crippen LogP contribution in [0.15, 0.2) is 0 Å². The predicted molar refractivity (Wildman–Crippen MR) is 71.4 cm³/mol. The second-order valence-electron chi connectivity index (χ2n) is 4.75. The van der Waals surface area contributed by atoms with E-state index >= 15 is 0 Å². The molecule has 3 heteroatoms. The van der Waals surface area contributed by atoms with Crippen molar-refractivity contribution >= 4 is 5.82 Å². The van der Waals surface area contributed by atoms with Gasteiger partial charge in [-0.3, -0.25) is 0 Å². The molecule has 0 atom stereocenters. The first-order chi connectivity index (χ1) is 8.35. The summed E-state index contributed by atoms with van der Waals surface area (Å²) in [5.41, 5.74) is 2.67. The van der Waals surface area contributed by atoms with Gasteiger partial charge in [-0.1, -0.05) is 13.3 Å². The van der Waals surface area contributed by atoms with E-state index in [1.54, 1.807) is 0 Å². The van der Waals surface area contributed by atoms with Gasteiger partial charge in [0, 0.05) is 24.2 Å². The van der Waals surface area contributed by atoms with E-state index in [1.807, 2.05) is 0 Å². The van der Waals surface area contributed by atoms with Crippen LogP contribution in [0, 0.1) is 0 Å². The Balaban J connectivity index is 2.27. The number of hydrogen-bond acceptors (Lipinski definition) is 3. The number of aryl methyl sites for hydroxylation is 2. The average molecular weight is 233 g/mol. The SMILES string of the molecule is CCCCc1nc2c(c(NCC)n1)CCCC2. The molecule has 0 fully saturated rings. The molecule has 0 spiro atoms. The van der Waals surface area contributed by atoms with Crippen molar-refractivity contribution in [3.05, 3.63) is 17.1 Å². The minimum absolute atomic E-state index is 0.941. The fourth-order valence-corrected chi connectivity index (χ4v) is 2.41. The first-order valence-corrected chi connectivity index (χ1v) is 6.97. The smallest absolute Gasteiger partial charge is 0.133 e. The predicted octanol–water partition coefficient (Wildman–Crippen LogP) is 3.13. The fourth-order valence-electron chi connectivity index (χ4n) is 2.41. The van der Waals surface area contributed by atoms with Gasteiger partial charge < -0.3 is 5.32 Å². The van der Waals surface area contributed by atoms with E-state index in [9.17, 15) is 0 Å². The van der Waals surface area contributed by atoms with Gasteiger partial charge in [0.2, 0.25) is 0 Å². The topological polar surface area (TPSA) is 37.8 Å². The third-order valence-corrected chi connectivity index (χ3v) is 3.33. The summed E-state index contributed by atoms with van der Waals surface area (Å²) in [4.78, 5) is 9.43. The maximum Gasteiger partial charge on any atom is 0.133 e. The molecule has 0 saturated heterocycles. The van der Waals surface area contributed by atoms with E-state index < -0.39 is 0 Å². The van der Waals surface area contributed by atoms with Crippen molar-refractivity contribution in [3.63, 3.8) is 0 Å². The number of anilines is 1. The molecule has 0 radical (unpaired) electrons. The van der Waals surface area contributed by atoms with E-state index in [-0.39, 0.29) is 0 Å². The Bertz CT molecular complexity index is 374. The molecule has 0 amide bonds. The van der Waals surface area contributed by atoms with Gasteiger partial charge in [-0.05, 0) is 39.0 Å². The van der Waals surface area contributed by atoms with Crippen LogP contribution in [-0.4, -0.2) is 16.5 Å². The Kier molecular flexibility index (Phi) is 4.35. The lowest BCUT2D eigenvalue weighted by atomic mass is 9.96. The molecule has 0 saturated carbocycles. The summed E-state index contributed by atoms with van der Waals surface area (Å²) in [6, 6.07) is 0. The quantitative estimate of drug-likeness (QED) is 0.849. The van der Waals surface area contributed by atoms with Gasteiger partial charge in [-0.2, -0.15) is 0 Å². The monoisotopic (exact) mass is 233 g/mol. The number of hydrogen-bond donors (Lipinski definition) is 1. The van der Waals surface area contributed by atoms with Crippen LogP contribution in [0.3, 0.4) is 0 Å². The van der Waals surface area contributed by atoms with E-state index in [1.165, 1.54) is 36.9 Å². The fraction of sp³-hybridized carbons (Fsp3) is 0.714. The molecular weight excluding hydrogens is 210 g/mol. The number of nitrogens with zero attached hydrogens (tertiary/aromatic N) is 2. The molecule has 0 aromatic carbocycles. The molecule has 17 heavy (non-hydrogen) atoms. The first kappa shape index (κ1) is 12.3. The maximum absolute atomic E-state index is 4.74. The lowest BCUT2D eigenvalue weighted by Crippen LogP contribution is -2.14. The van der Waals surface area contributed by atoms with Gasteiger partial charge in [0.05, 0.1) is 0 Å². The van der Waals surface area contributed by atoms with Gasteiger partial charge in [-0.25, -0.2) is 9.97 Å². The van der Waals surface area contributed by atoms with Crippen molar-refractivity contribution < 1.29 is 0 Å². The second-order valence-corrected chi connectivity index (χ2v) is 4.75. The first-order valence-electron chi connectivity index (χ1n) is 6.97. The zero-order chi connectivity index (χ0) is 12.1. The molecule has 3 nitrogen and oxygen atoms in total. The van der Waals surface area contributed by atoms with Crippen LogP contribution in [0.5, 0.6) is 0 Å². The van der Waals surface area contributed by atoms with E-state index in [2.05, 4.69) is 19.2 Å². The number of rotatable bonds is 5. The third-order valence-electron chi connectivity index (χ3n) is 3.33. The summed E-state index contributed by atoms with van der Waals surface area (Å²) in [5, 5.41) is 3.40. The third kappa shape index (κ3) is 2.96. The Morgan fingerprint density at radius 3 is 2.71 bits per heavy atom. The van der Waals surface area contributed by atoms with Gasteiger partial charge in [0.1, 0.15) is 11.6 Å². The molecule has 1 heterocycles. The zero-order valence-electron chi connectivity index (χ0n) is 11.1. The van der Waals surface area contributed by atoms with Crippen molar-refractivity contribution in [1.82, 2.24) is 9.97 Å². The van der Waals surface area contributed by atoms with Crippen LogP contribution in [0.1, 0.15) is 56.6 Å². The maximum atomic E-state index is 4.74. The van der Waals surface area contributed by atoms with Crippen molar-refractivity contribution in [2.45, 2.75) is 58.8 Å². The summed E-state index contributed by atoms with van der Waals surface area (Å²) in [5.74, 6) is 2.13. The molecule has 1 aromatic heterocycles. The van der Waals surface area contributed by atoms with E-state index in [4.69, 9.17) is 9.97 Å². The van der Waals surface area contributed by atoms with Crippen molar-refractivity contribution in [2.24, 2.45) is 0 Å². The Hall–Kier alpha value is -1.12. The number of nitrogens with one attached hydrogen (secondary N) is 1. The summed E-state index contributed by atoms with van der Waals surface area (Å²) < 4.78 is 0. The molecule has 0 aliphatic heterocycles. The highest BCUT2D eigenvalue weighted by Gasteiger charge is 2.17. The van der Waals surface area contributed by atoms with Crippen LogP contribution in [0.25, 0.3) is 0 Å². The summed E-state index contributed by atoms with van der Waals surface area (Å²) >= 11 is 0. The molecule has 1 aromatic rings. The lowest BCUT2D eigenvalue weighted by molar-refractivity contribution is 0.648. The Morgan fingerprint density at radius 2 is 1.94 bits per heavy atom. The number of fused-ring (bicyclic) bond motifs is 1. The molecule has 94 valence electrons. The Morgan fingerprint density at radius 1 is 1.12 bits per heavy atom. The minimum atomic E-state index is 0.941. The Labute approximate surface area is 104 Å². The van der Waals surface area contributed by atoms with Gasteiger partial charge in [0.25, 0.3) is 0 Å². The molecular formula is C14H23N3. The molecule has 1 N–H and O–H groups in total. The van der Waals surface area contributed by atoms with Gasteiger partial charge in [0.15, 0.2) is 0 Å². The zero-order valence-corrected chi connectivity index (χ0v) is 11.1. The van der Waals surface area contributed by atoms with Gasteiger partial charge in [-0.15, -0.1) is 0 Å². The van der Waals surface area contributed by atoms with Crippen molar-refractivity contribution in [2.75, 3.05) is 11.9 Å². The molecule has 0 unspecified atom stereocenters.